The minimum Gasteiger partial charge on any atom is -0.396 e. The molecule has 0 saturated heterocycles. The maximum Gasteiger partial charge on any atom is 0.201 e. The molecule has 4 nitrogen and oxygen atoms in total. The molecule has 0 unspecified atom stereocenters. The molecule has 5 heteroatoms. The second-order valence-electron chi connectivity index (χ2n) is 3.25. The first kappa shape index (κ1) is 9.92. The maximum absolute atomic E-state index is 12.9. The van der Waals surface area contributed by atoms with Crippen LogP contribution in [0.4, 0.5) is 10.3 Å². The molecule has 0 aliphatic carbocycles. The summed E-state index contributed by atoms with van der Waals surface area (Å²) >= 11 is 0. The van der Waals surface area contributed by atoms with Crippen LogP contribution < -0.4 is 5.32 Å². The van der Waals surface area contributed by atoms with Crippen LogP contribution in [0.5, 0.6) is 0 Å². The summed E-state index contributed by atoms with van der Waals surface area (Å²) in [5.41, 5.74) is 1.39. The number of nitrogens with zero attached hydrogens (tertiary/aromatic N) is 1. The molecule has 0 aliphatic heterocycles. The van der Waals surface area contributed by atoms with Gasteiger partial charge in [0.05, 0.1) is 11.0 Å². The zero-order chi connectivity index (χ0) is 10.7. The number of halogens is 1. The number of fused-ring (bicyclic) bond motifs is 1. The molecule has 2 aromatic rings. The van der Waals surface area contributed by atoms with E-state index in [0.717, 1.165) is 5.52 Å². The lowest BCUT2D eigenvalue weighted by molar-refractivity contribution is 0.292. The molecule has 0 radical (unpaired) electrons. The van der Waals surface area contributed by atoms with Crippen molar-refractivity contribution in [2.24, 2.45) is 0 Å². The van der Waals surface area contributed by atoms with E-state index < -0.39 is 0 Å². The van der Waals surface area contributed by atoms with Crippen molar-refractivity contribution in [1.82, 2.24) is 9.97 Å². The number of aromatic amines is 1. The molecular formula is C10H12FN3O. The monoisotopic (exact) mass is 209 g/mol. The van der Waals surface area contributed by atoms with Gasteiger partial charge in [0.15, 0.2) is 0 Å². The summed E-state index contributed by atoms with van der Waals surface area (Å²) < 4.78 is 12.9. The molecule has 0 fully saturated rings. The highest BCUT2D eigenvalue weighted by Crippen LogP contribution is 2.15. The maximum atomic E-state index is 12.9. The molecule has 15 heavy (non-hydrogen) atoms. The Morgan fingerprint density at radius 2 is 2.33 bits per heavy atom. The van der Waals surface area contributed by atoms with Crippen molar-refractivity contribution in [2.75, 3.05) is 18.5 Å². The highest BCUT2D eigenvalue weighted by molar-refractivity contribution is 5.77. The number of hydrogen-bond acceptors (Lipinski definition) is 3. The summed E-state index contributed by atoms with van der Waals surface area (Å²) in [7, 11) is 0. The lowest BCUT2D eigenvalue weighted by Crippen LogP contribution is -2.04. The number of imidazole rings is 1. The zero-order valence-electron chi connectivity index (χ0n) is 8.13. The molecule has 1 aromatic carbocycles. The summed E-state index contributed by atoms with van der Waals surface area (Å²) in [6.45, 7) is 0.778. The third kappa shape index (κ3) is 2.24. The van der Waals surface area contributed by atoms with Gasteiger partial charge in [0.2, 0.25) is 5.95 Å². The van der Waals surface area contributed by atoms with Gasteiger partial charge in [0.1, 0.15) is 5.82 Å². The molecule has 0 aliphatic rings. The molecule has 0 spiro atoms. The zero-order valence-corrected chi connectivity index (χ0v) is 8.13. The fourth-order valence-electron chi connectivity index (χ4n) is 1.35. The van der Waals surface area contributed by atoms with E-state index >= 15 is 0 Å². The summed E-state index contributed by atoms with van der Waals surface area (Å²) in [5.74, 6) is 0.317. The molecule has 0 amide bonds. The van der Waals surface area contributed by atoms with Crippen LogP contribution in [-0.2, 0) is 0 Å². The lowest BCUT2D eigenvalue weighted by Gasteiger charge is -1.98. The average molecular weight is 209 g/mol. The number of rotatable bonds is 4. The van der Waals surface area contributed by atoms with Crippen molar-refractivity contribution >= 4 is 17.0 Å². The predicted molar refractivity (Wildman–Crippen MR) is 56.2 cm³/mol. The molecule has 0 bridgehead atoms. The van der Waals surface area contributed by atoms with Crippen LogP contribution in [0, 0.1) is 5.82 Å². The van der Waals surface area contributed by atoms with E-state index in [0.29, 0.717) is 24.4 Å². The SMILES string of the molecule is OCCCNc1nc2ccc(F)cc2[nH]1. The van der Waals surface area contributed by atoms with Crippen molar-refractivity contribution in [3.8, 4) is 0 Å². The largest absolute Gasteiger partial charge is 0.396 e. The van der Waals surface area contributed by atoms with Crippen molar-refractivity contribution in [3.05, 3.63) is 24.0 Å². The number of nitrogens with one attached hydrogen (secondary N) is 2. The van der Waals surface area contributed by atoms with Crippen LogP contribution in [-0.4, -0.2) is 28.2 Å². The number of benzene rings is 1. The Morgan fingerprint density at radius 3 is 3.13 bits per heavy atom. The highest BCUT2D eigenvalue weighted by atomic mass is 19.1. The minimum atomic E-state index is -0.284. The van der Waals surface area contributed by atoms with Crippen molar-refractivity contribution in [1.29, 1.82) is 0 Å². The van der Waals surface area contributed by atoms with E-state index in [9.17, 15) is 4.39 Å². The predicted octanol–water partition coefficient (Wildman–Crippen LogP) is 1.50. The molecular weight excluding hydrogens is 197 g/mol. The van der Waals surface area contributed by atoms with Gasteiger partial charge in [0.25, 0.3) is 0 Å². The van der Waals surface area contributed by atoms with E-state index in [-0.39, 0.29) is 12.4 Å². The van der Waals surface area contributed by atoms with E-state index in [1.807, 2.05) is 0 Å². The number of aromatic nitrogens is 2. The standard InChI is InChI=1S/C10H12FN3O/c11-7-2-3-8-9(6-7)14-10(13-8)12-4-1-5-15/h2-3,6,15H,1,4-5H2,(H2,12,13,14). The van der Waals surface area contributed by atoms with Crippen molar-refractivity contribution in [3.63, 3.8) is 0 Å². The van der Waals surface area contributed by atoms with Gasteiger partial charge in [-0.3, -0.25) is 0 Å². The number of hydrogen-bond donors (Lipinski definition) is 3. The van der Waals surface area contributed by atoms with E-state index in [2.05, 4.69) is 15.3 Å². The molecule has 80 valence electrons. The van der Waals surface area contributed by atoms with Crippen LogP contribution in [0.1, 0.15) is 6.42 Å². The molecule has 2 rings (SSSR count). The van der Waals surface area contributed by atoms with Crippen LogP contribution in [0.15, 0.2) is 18.2 Å². The average Bonchev–Trinajstić information content (AvgIpc) is 2.60. The van der Waals surface area contributed by atoms with E-state index in [1.54, 1.807) is 6.07 Å². The Labute approximate surface area is 86.1 Å². The Morgan fingerprint density at radius 1 is 1.47 bits per heavy atom. The molecule has 0 atom stereocenters. The summed E-state index contributed by atoms with van der Waals surface area (Å²) in [6.07, 6.45) is 0.658. The third-order valence-corrected chi connectivity index (χ3v) is 2.07. The molecule has 0 saturated carbocycles. The van der Waals surface area contributed by atoms with Gasteiger partial charge in [0, 0.05) is 13.2 Å². The smallest absolute Gasteiger partial charge is 0.201 e. The lowest BCUT2D eigenvalue weighted by atomic mass is 10.3. The van der Waals surface area contributed by atoms with Gasteiger partial charge in [-0.2, -0.15) is 0 Å². The highest BCUT2D eigenvalue weighted by Gasteiger charge is 2.02. The number of aliphatic hydroxyl groups excluding tert-OH is 1. The van der Waals surface area contributed by atoms with Crippen LogP contribution in [0.3, 0.4) is 0 Å². The van der Waals surface area contributed by atoms with E-state index in [4.69, 9.17) is 5.11 Å². The minimum absolute atomic E-state index is 0.141. The Kier molecular flexibility index (Phi) is 2.82. The first-order valence-corrected chi connectivity index (χ1v) is 4.79. The Hall–Kier alpha value is -1.62. The Bertz CT molecular complexity index is 455. The second kappa shape index (κ2) is 4.27. The van der Waals surface area contributed by atoms with Crippen molar-refractivity contribution in [2.45, 2.75) is 6.42 Å². The molecule has 3 N–H and O–H groups in total. The van der Waals surface area contributed by atoms with E-state index in [1.165, 1.54) is 12.1 Å². The fourth-order valence-corrected chi connectivity index (χ4v) is 1.35. The number of aliphatic hydroxyl groups is 1. The summed E-state index contributed by atoms with van der Waals surface area (Å²) in [5, 5.41) is 11.6. The fraction of sp³-hybridized carbons (Fsp3) is 0.300. The molecule has 1 aromatic heterocycles. The van der Waals surface area contributed by atoms with Gasteiger partial charge in [-0.15, -0.1) is 0 Å². The first-order valence-electron chi connectivity index (χ1n) is 4.79. The third-order valence-electron chi connectivity index (χ3n) is 2.07. The second-order valence-corrected chi connectivity index (χ2v) is 3.25. The van der Waals surface area contributed by atoms with Gasteiger partial charge in [-0.25, -0.2) is 9.37 Å². The number of anilines is 1. The van der Waals surface area contributed by atoms with Crippen LogP contribution >= 0.6 is 0 Å². The number of H-pyrrole nitrogens is 1. The summed E-state index contributed by atoms with van der Waals surface area (Å²) in [6, 6.07) is 4.40. The molecule has 1 heterocycles. The quantitative estimate of drug-likeness (QED) is 0.669. The summed E-state index contributed by atoms with van der Waals surface area (Å²) in [4.78, 5) is 7.16. The Balaban J connectivity index is 2.16. The van der Waals surface area contributed by atoms with Crippen LogP contribution in [0.2, 0.25) is 0 Å². The van der Waals surface area contributed by atoms with Gasteiger partial charge < -0.3 is 15.4 Å². The topological polar surface area (TPSA) is 60.9 Å². The van der Waals surface area contributed by atoms with Gasteiger partial charge in [-0.05, 0) is 24.6 Å². The van der Waals surface area contributed by atoms with Gasteiger partial charge >= 0.3 is 0 Å². The first-order chi connectivity index (χ1) is 7.29. The van der Waals surface area contributed by atoms with Crippen LogP contribution in [0.25, 0.3) is 11.0 Å². The van der Waals surface area contributed by atoms with Crippen molar-refractivity contribution < 1.29 is 9.50 Å². The normalized spacial score (nSPS) is 10.8. The van der Waals surface area contributed by atoms with Gasteiger partial charge in [-0.1, -0.05) is 0 Å².